The van der Waals surface area contributed by atoms with E-state index < -0.39 is 17.6 Å². The van der Waals surface area contributed by atoms with Gasteiger partial charge in [-0.15, -0.1) is 0 Å². The van der Waals surface area contributed by atoms with Crippen LogP contribution in [0, 0.1) is 17.8 Å². The van der Waals surface area contributed by atoms with Crippen molar-refractivity contribution in [3.63, 3.8) is 0 Å². The van der Waals surface area contributed by atoms with Crippen molar-refractivity contribution in [2.75, 3.05) is 46.0 Å². The molecule has 7 nitrogen and oxygen atoms in total. The molecule has 4 atom stereocenters. The predicted octanol–water partition coefficient (Wildman–Crippen LogP) is 3.36. The van der Waals surface area contributed by atoms with Crippen molar-refractivity contribution in [1.29, 1.82) is 0 Å². The van der Waals surface area contributed by atoms with Gasteiger partial charge in [-0.1, -0.05) is 6.08 Å². The summed E-state index contributed by atoms with van der Waals surface area (Å²) in [5.41, 5.74) is 0.0128. The fraction of sp³-hybridized carbons (Fsp3) is 0.667. The van der Waals surface area contributed by atoms with Gasteiger partial charge in [0, 0.05) is 38.4 Å². The largest absolute Gasteiger partial charge is 0.491 e. The number of morpholine rings is 1. The van der Waals surface area contributed by atoms with Crippen LogP contribution in [-0.2, 0) is 9.47 Å². The first-order chi connectivity index (χ1) is 15.9. The summed E-state index contributed by atoms with van der Waals surface area (Å²) in [7, 11) is 0. The van der Waals surface area contributed by atoms with Gasteiger partial charge < -0.3 is 19.5 Å². The summed E-state index contributed by atoms with van der Waals surface area (Å²) in [6.45, 7) is 5.20. The minimum atomic E-state index is -2.63. The molecule has 4 aliphatic rings. The molecule has 1 amide bonds. The number of nitrogens with zero attached hydrogens (tertiary/aromatic N) is 2. The van der Waals surface area contributed by atoms with Gasteiger partial charge >= 0.3 is 6.09 Å². The van der Waals surface area contributed by atoms with Gasteiger partial charge in [-0.2, -0.15) is 0 Å². The predicted molar refractivity (Wildman–Crippen MR) is 117 cm³/mol. The first kappa shape index (κ1) is 22.5. The standard InChI is InChI=1S/C24H31F2N3O4/c25-24(26)6-5-20-17(14-24)13-23(16-28-22(30)33-23)21(20)4-2-18-1-3-19(15-27-18)32-12-9-29-7-10-31-11-8-29/h1-4,15,17,20-21H,5-14,16H2,(H,28,30)/b4-2+/t17-,20-,21+,23?/m1/s1. The summed E-state index contributed by atoms with van der Waals surface area (Å²) in [4.78, 5) is 18.6. The lowest BCUT2D eigenvalue weighted by molar-refractivity contribution is -0.0659. The van der Waals surface area contributed by atoms with E-state index in [1.807, 2.05) is 24.3 Å². The molecule has 33 heavy (non-hydrogen) atoms. The molecule has 180 valence electrons. The molecule has 1 N–H and O–H groups in total. The van der Waals surface area contributed by atoms with Gasteiger partial charge in [0.05, 0.1) is 31.6 Å². The van der Waals surface area contributed by atoms with Crippen molar-refractivity contribution in [2.24, 2.45) is 17.8 Å². The van der Waals surface area contributed by atoms with E-state index >= 15 is 0 Å². The van der Waals surface area contributed by atoms with Gasteiger partial charge in [-0.25, -0.2) is 13.6 Å². The van der Waals surface area contributed by atoms with E-state index in [1.165, 1.54) is 0 Å². The maximum Gasteiger partial charge on any atom is 0.407 e. The molecule has 1 aromatic heterocycles. The Labute approximate surface area is 192 Å². The summed E-state index contributed by atoms with van der Waals surface area (Å²) < 4.78 is 44.9. The quantitative estimate of drug-likeness (QED) is 0.698. The fourth-order valence-corrected chi connectivity index (χ4v) is 5.91. The van der Waals surface area contributed by atoms with Gasteiger partial charge in [-0.05, 0) is 42.9 Å². The molecule has 0 aromatic carbocycles. The summed E-state index contributed by atoms with van der Waals surface area (Å²) in [6, 6.07) is 3.77. The van der Waals surface area contributed by atoms with Crippen molar-refractivity contribution in [3.8, 4) is 5.75 Å². The van der Waals surface area contributed by atoms with Crippen LogP contribution in [0.1, 0.15) is 31.4 Å². The number of nitrogens with one attached hydrogen (secondary N) is 1. The van der Waals surface area contributed by atoms with Crippen molar-refractivity contribution >= 4 is 12.2 Å². The zero-order valence-corrected chi connectivity index (χ0v) is 18.7. The number of ether oxygens (including phenoxy) is 3. The van der Waals surface area contributed by atoms with Crippen molar-refractivity contribution in [1.82, 2.24) is 15.2 Å². The van der Waals surface area contributed by atoms with Crippen LogP contribution in [-0.4, -0.2) is 73.5 Å². The number of amides is 1. The van der Waals surface area contributed by atoms with Crippen molar-refractivity contribution in [3.05, 3.63) is 30.1 Å². The third-order valence-electron chi connectivity index (χ3n) is 7.53. The molecule has 4 fully saturated rings. The molecule has 1 spiro atoms. The lowest BCUT2D eigenvalue weighted by Gasteiger charge is -2.34. The minimum Gasteiger partial charge on any atom is -0.491 e. The zero-order valence-electron chi connectivity index (χ0n) is 18.7. The molecule has 2 saturated heterocycles. The average Bonchev–Trinajstić information content (AvgIpc) is 3.31. The van der Waals surface area contributed by atoms with Gasteiger partial charge in [0.25, 0.3) is 0 Å². The second-order valence-corrected chi connectivity index (χ2v) is 9.64. The lowest BCUT2D eigenvalue weighted by atomic mass is 9.75. The Hall–Kier alpha value is -2.26. The third-order valence-corrected chi connectivity index (χ3v) is 7.53. The number of carbonyl (C=O) groups is 1. The topological polar surface area (TPSA) is 72.9 Å². The maximum atomic E-state index is 14.0. The summed E-state index contributed by atoms with van der Waals surface area (Å²) in [5, 5.41) is 2.74. The molecule has 2 aliphatic carbocycles. The van der Waals surface area contributed by atoms with Crippen LogP contribution < -0.4 is 10.1 Å². The molecular weight excluding hydrogens is 432 g/mol. The van der Waals surface area contributed by atoms with E-state index in [0.29, 0.717) is 31.7 Å². The van der Waals surface area contributed by atoms with Crippen molar-refractivity contribution < 1.29 is 27.8 Å². The highest BCUT2D eigenvalue weighted by atomic mass is 19.3. The Morgan fingerprint density at radius 3 is 2.85 bits per heavy atom. The Kier molecular flexibility index (Phi) is 6.26. The molecule has 2 saturated carbocycles. The number of carbonyl (C=O) groups excluding carboxylic acids is 1. The van der Waals surface area contributed by atoms with E-state index in [2.05, 4.69) is 15.2 Å². The second-order valence-electron chi connectivity index (χ2n) is 9.64. The van der Waals surface area contributed by atoms with Crippen LogP contribution in [0.2, 0.25) is 0 Å². The van der Waals surface area contributed by atoms with Gasteiger partial charge in [0.1, 0.15) is 18.0 Å². The fourth-order valence-electron chi connectivity index (χ4n) is 5.91. The Balaban J connectivity index is 1.22. The van der Waals surface area contributed by atoms with Crippen LogP contribution >= 0.6 is 0 Å². The molecule has 5 rings (SSSR count). The molecule has 9 heteroatoms. The molecule has 1 aromatic rings. The van der Waals surface area contributed by atoms with E-state index in [9.17, 15) is 13.6 Å². The van der Waals surface area contributed by atoms with E-state index in [4.69, 9.17) is 14.2 Å². The monoisotopic (exact) mass is 463 g/mol. The van der Waals surface area contributed by atoms with Crippen LogP contribution in [0.15, 0.2) is 24.4 Å². The highest BCUT2D eigenvalue weighted by Crippen LogP contribution is 2.56. The highest BCUT2D eigenvalue weighted by Gasteiger charge is 2.60. The number of aromatic nitrogens is 1. The summed E-state index contributed by atoms with van der Waals surface area (Å²) in [5.74, 6) is -2.09. The average molecular weight is 464 g/mol. The number of alkyl halides is 2. The van der Waals surface area contributed by atoms with E-state index in [1.54, 1.807) is 6.20 Å². The second kappa shape index (κ2) is 9.18. The summed E-state index contributed by atoms with van der Waals surface area (Å²) in [6.07, 6.45) is 5.83. The Morgan fingerprint density at radius 1 is 1.27 bits per heavy atom. The van der Waals surface area contributed by atoms with Crippen LogP contribution in [0.4, 0.5) is 13.6 Å². The molecule has 3 heterocycles. The van der Waals surface area contributed by atoms with Crippen LogP contribution in [0.5, 0.6) is 5.75 Å². The molecule has 0 radical (unpaired) electrons. The first-order valence-electron chi connectivity index (χ1n) is 11.8. The number of hydrogen-bond donors (Lipinski definition) is 1. The number of fused-ring (bicyclic) bond motifs is 1. The minimum absolute atomic E-state index is 0.0800. The lowest BCUT2D eigenvalue weighted by Crippen LogP contribution is -2.38. The smallest absolute Gasteiger partial charge is 0.407 e. The molecule has 2 aliphatic heterocycles. The summed E-state index contributed by atoms with van der Waals surface area (Å²) >= 11 is 0. The van der Waals surface area contributed by atoms with Gasteiger partial charge in [-0.3, -0.25) is 9.88 Å². The first-order valence-corrected chi connectivity index (χ1v) is 11.8. The van der Waals surface area contributed by atoms with E-state index in [0.717, 1.165) is 38.5 Å². The molecule has 0 bridgehead atoms. The van der Waals surface area contributed by atoms with Crippen LogP contribution in [0.3, 0.4) is 0 Å². The van der Waals surface area contributed by atoms with Gasteiger partial charge in [0.2, 0.25) is 5.92 Å². The number of pyridine rings is 1. The normalized spacial score (nSPS) is 33.8. The highest BCUT2D eigenvalue weighted by molar-refractivity contribution is 5.70. The molecular formula is C24H31F2N3O4. The Bertz CT molecular complexity index is 875. The van der Waals surface area contributed by atoms with E-state index in [-0.39, 0.29) is 30.6 Å². The van der Waals surface area contributed by atoms with Crippen molar-refractivity contribution in [2.45, 2.75) is 37.2 Å². The third kappa shape index (κ3) is 4.99. The Morgan fingerprint density at radius 2 is 2.12 bits per heavy atom. The van der Waals surface area contributed by atoms with Crippen LogP contribution in [0.25, 0.3) is 6.08 Å². The number of alkyl carbamates (subject to hydrolysis) is 1. The SMILES string of the molecule is O=C1NCC2(C[C@@H]3CC(F)(F)CC[C@H]3[C@@H]2/C=C/c2ccc(OCCN3CCOCC3)cn2)O1. The number of halogens is 2. The number of hydrogen-bond acceptors (Lipinski definition) is 6. The number of rotatable bonds is 6. The maximum absolute atomic E-state index is 14.0. The zero-order chi connectivity index (χ0) is 22.9. The van der Waals surface area contributed by atoms with Gasteiger partial charge in [0.15, 0.2) is 0 Å². The molecule has 1 unspecified atom stereocenters.